The molecule has 0 radical (unpaired) electrons. The van der Waals surface area contributed by atoms with E-state index in [2.05, 4.69) is 6.58 Å². The zero-order valence-corrected chi connectivity index (χ0v) is 8.35. The minimum absolute atomic E-state index is 0.792. The Hall–Kier alpha value is -1.37. The summed E-state index contributed by atoms with van der Waals surface area (Å²) in [4.78, 5) is 10.8. The molecule has 0 amide bonds. The van der Waals surface area contributed by atoms with Gasteiger partial charge in [-0.3, -0.25) is 4.79 Å². The summed E-state index contributed by atoms with van der Waals surface area (Å²) in [5.74, 6) is 0. The first-order chi connectivity index (χ1) is 6.11. The van der Waals surface area contributed by atoms with E-state index < -0.39 is 0 Å². The fourth-order valence-corrected chi connectivity index (χ4v) is 1.71. The highest BCUT2D eigenvalue weighted by atomic mass is 16.1. The second kappa shape index (κ2) is 3.56. The predicted octanol–water partition coefficient (Wildman–Crippen LogP) is 3.07. The molecule has 68 valence electrons. The Morgan fingerprint density at radius 3 is 2.15 bits per heavy atom. The molecular formula is C12H14O. The van der Waals surface area contributed by atoms with E-state index in [1.54, 1.807) is 6.08 Å². The standard InChI is InChI=1S/C12H14O/c1-5-11-8(2)6-9(3)12(7-13)10(11)4/h5-7H,1H2,2-4H3. The fraction of sp³-hybridized carbons (Fsp3) is 0.250. The first-order valence-corrected chi connectivity index (χ1v) is 4.30. The van der Waals surface area contributed by atoms with Crippen molar-refractivity contribution in [2.45, 2.75) is 20.8 Å². The van der Waals surface area contributed by atoms with Gasteiger partial charge in [0.15, 0.2) is 6.29 Å². The largest absolute Gasteiger partial charge is 0.298 e. The number of aryl methyl sites for hydroxylation is 2. The van der Waals surface area contributed by atoms with Crippen molar-refractivity contribution >= 4 is 12.4 Å². The van der Waals surface area contributed by atoms with Crippen LogP contribution in [-0.2, 0) is 0 Å². The maximum absolute atomic E-state index is 10.8. The van der Waals surface area contributed by atoms with Gasteiger partial charge in [-0.15, -0.1) is 0 Å². The van der Waals surface area contributed by atoms with Gasteiger partial charge in [-0.25, -0.2) is 0 Å². The van der Waals surface area contributed by atoms with Crippen LogP contribution in [0, 0.1) is 20.8 Å². The zero-order valence-electron chi connectivity index (χ0n) is 8.35. The Morgan fingerprint density at radius 1 is 1.15 bits per heavy atom. The van der Waals surface area contributed by atoms with E-state index in [1.165, 1.54) is 5.56 Å². The van der Waals surface area contributed by atoms with Crippen molar-refractivity contribution in [3.8, 4) is 0 Å². The van der Waals surface area contributed by atoms with E-state index in [1.807, 2.05) is 26.8 Å². The Labute approximate surface area is 79.1 Å². The molecule has 0 N–H and O–H groups in total. The third kappa shape index (κ3) is 1.55. The van der Waals surface area contributed by atoms with Crippen molar-refractivity contribution in [2.24, 2.45) is 0 Å². The number of hydrogen-bond donors (Lipinski definition) is 0. The Morgan fingerprint density at radius 2 is 1.69 bits per heavy atom. The van der Waals surface area contributed by atoms with E-state index >= 15 is 0 Å². The SMILES string of the molecule is C=Cc1c(C)cc(C)c(C=O)c1C. The molecule has 1 heteroatoms. The van der Waals surface area contributed by atoms with Crippen LogP contribution in [0.5, 0.6) is 0 Å². The van der Waals surface area contributed by atoms with Gasteiger partial charge in [-0.2, -0.15) is 0 Å². The van der Waals surface area contributed by atoms with Crippen molar-refractivity contribution in [3.63, 3.8) is 0 Å². The number of hydrogen-bond acceptors (Lipinski definition) is 1. The van der Waals surface area contributed by atoms with Gasteiger partial charge in [-0.1, -0.05) is 18.7 Å². The van der Waals surface area contributed by atoms with Gasteiger partial charge in [0, 0.05) is 5.56 Å². The highest BCUT2D eigenvalue weighted by Gasteiger charge is 2.07. The van der Waals surface area contributed by atoms with Crippen LogP contribution in [0.4, 0.5) is 0 Å². The van der Waals surface area contributed by atoms with Gasteiger partial charge in [0.2, 0.25) is 0 Å². The van der Waals surface area contributed by atoms with Crippen molar-refractivity contribution < 1.29 is 4.79 Å². The average Bonchev–Trinajstić information content (AvgIpc) is 2.04. The van der Waals surface area contributed by atoms with Gasteiger partial charge < -0.3 is 0 Å². The number of rotatable bonds is 2. The monoisotopic (exact) mass is 174 g/mol. The Kier molecular flexibility index (Phi) is 2.66. The second-order valence-corrected chi connectivity index (χ2v) is 3.28. The van der Waals surface area contributed by atoms with Gasteiger partial charge >= 0.3 is 0 Å². The number of aldehydes is 1. The predicted molar refractivity (Wildman–Crippen MR) is 56.1 cm³/mol. The summed E-state index contributed by atoms with van der Waals surface area (Å²) in [5, 5.41) is 0. The molecule has 1 aromatic carbocycles. The number of carbonyl (C=O) groups is 1. The third-order valence-electron chi connectivity index (χ3n) is 2.41. The molecule has 0 aliphatic heterocycles. The molecule has 0 saturated heterocycles. The van der Waals surface area contributed by atoms with Crippen molar-refractivity contribution in [1.29, 1.82) is 0 Å². The van der Waals surface area contributed by atoms with Gasteiger partial charge in [-0.05, 0) is 43.0 Å². The van der Waals surface area contributed by atoms with Crippen LogP contribution in [0.3, 0.4) is 0 Å². The normalized spacial score (nSPS) is 9.77. The van der Waals surface area contributed by atoms with Gasteiger partial charge in [0.05, 0.1) is 0 Å². The summed E-state index contributed by atoms with van der Waals surface area (Å²) < 4.78 is 0. The Balaban J connectivity index is 3.56. The van der Waals surface area contributed by atoms with E-state index in [9.17, 15) is 4.79 Å². The molecule has 0 aliphatic rings. The minimum atomic E-state index is 0.792. The van der Waals surface area contributed by atoms with E-state index in [0.29, 0.717) is 0 Å². The molecule has 0 atom stereocenters. The van der Waals surface area contributed by atoms with Crippen molar-refractivity contribution in [2.75, 3.05) is 0 Å². The van der Waals surface area contributed by atoms with Gasteiger partial charge in [0.1, 0.15) is 0 Å². The maximum atomic E-state index is 10.8. The summed E-state index contributed by atoms with van der Waals surface area (Å²) in [5.41, 5.74) is 5.11. The molecule has 1 aromatic rings. The lowest BCUT2D eigenvalue weighted by Crippen LogP contribution is -1.97. The smallest absolute Gasteiger partial charge is 0.150 e. The van der Waals surface area contributed by atoms with E-state index in [4.69, 9.17) is 0 Å². The molecule has 0 aromatic heterocycles. The lowest BCUT2D eigenvalue weighted by atomic mass is 9.94. The molecule has 1 nitrogen and oxygen atoms in total. The minimum Gasteiger partial charge on any atom is -0.298 e. The van der Waals surface area contributed by atoms with Crippen LogP contribution < -0.4 is 0 Å². The fourth-order valence-electron chi connectivity index (χ4n) is 1.71. The second-order valence-electron chi connectivity index (χ2n) is 3.28. The number of benzene rings is 1. The Bertz CT molecular complexity index is 330. The summed E-state index contributed by atoms with van der Waals surface area (Å²) in [7, 11) is 0. The van der Waals surface area contributed by atoms with Crippen LogP contribution in [0.1, 0.15) is 32.6 Å². The molecule has 0 fully saturated rings. The van der Waals surface area contributed by atoms with Crippen molar-refractivity contribution in [1.82, 2.24) is 0 Å². The zero-order chi connectivity index (χ0) is 10.0. The van der Waals surface area contributed by atoms with Crippen LogP contribution in [0.2, 0.25) is 0 Å². The lowest BCUT2D eigenvalue weighted by Gasteiger charge is -2.10. The van der Waals surface area contributed by atoms with Crippen LogP contribution in [0.15, 0.2) is 12.6 Å². The topological polar surface area (TPSA) is 17.1 Å². The molecule has 13 heavy (non-hydrogen) atoms. The van der Waals surface area contributed by atoms with Crippen LogP contribution in [0.25, 0.3) is 6.08 Å². The molecule has 0 bridgehead atoms. The average molecular weight is 174 g/mol. The highest BCUT2D eigenvalue weighted by Crippen LogP contribution is 2.21. The van der Waals surface area contributed by atoms with E-state index in [0.717, 1.165) is 28.5 Å². The first kappa shape index (κ1) is 9.72. The molecule has 1 rings (SSSR count). The molecule has 0 heterocycles. The van der Waals surface area contributed by atoms with Crippen molar-refractivity contribution in [3.05, 3.63) is 40.5 Å². The van der Waals surface area contributed by atoms with Gasteiger partial charge in [0.25, 0.3) is 0 Å². The summed E-state index contributed by atoms with van der Waals surface area (Å²) >= 11 is 0. The molecule has 0 saturated carbocycles. The maximum Gasteiger partial charge on any atom is 0.150 e. The summed E-state index contributed by atoms with van der Waals surface area (Å²) in [6.07, 6.45) is 2.72. The molecule has 0 unspecified atom stereocenters. The van der Waals surface area contributed by atoms with Crippen LogP contribution >= 0.6 is 0 Å². The summed E-state index contributed by atoms with van der Waals surface area (Å²) in [6.45, 7) is 9.69. The molecular weight excluding hydrogens is 160 g/mol. The summed E-state index contributed by atoms with van der Waals surface area (Å²) in [6, 6.07) is 2.02. The lowest BCUT2D eigenvalue weighted by molar-refractivity contribution is 0.112. The molecule has 0 aliphatic carbocycles. The van der Waals surface area contributed by atoms with E-state index in [-0.39, 0.29) is 0 Å². The highest BCUT2D eigenvalue weighted by molar-refractivity contribution is 5.82. The first-order valence-electron chi connectivity index (χ1n) is 4.30. The van der Waals surface area contributed by atoms with Crippen LogP contribution in [-0.4, -0.2) is 6.29 Å². The number of carbonyl (C=O) groups excluding carboxylic acids is 1. The molecule has 0 spiro atoms. The third-order valence-corrected chi connectivity index (χ3v) is 2.41. The quantitative estimate of drug-likeness (QED) is 0.630.